The summed E-state index contributed by atoms with van der Waals surface area (Å²) < 4.78 is 12.8. The summed E-state index contributed by atoms with van der Waals surface area (Å²) in [6.07, 6.45) is 2.67. The molecule has 0 unspecified atom stereocenters. The molecule has 0 saturated carbocycles. The standard InChI is InChI=1S/C27H50O4Si2/c1-21(2)15-14-16-22(3)25(31-33(12,13)27(7,8)9)19-24(29)23(20-28)17-18-30-32(10,11)26(4,5)6/h15,17,24-25,28-29H,3,18-20H2,1-2,4-13H3/b23-17+/t24-,25-/m0/s1. The minimum absolute atomic E-state index is 0.0104. The van der Waals surface area contributed by atoms with Gasteiger partial charge in [0.2, 0.25) is 0 Å². The van der Waals surface area contributed by atoms with E-state index in [1.165, 1.54) is 0 Å². The molecule has 0 rings (SSSR count). The second-order valence-electron chi connectivity index (χ2n) is 12.1. The third-order valence-corrected chi connectivity index (χ3v) is 15.9. The first-order chi connectivity index (χ1) is 14.7. The highest BCUT2D eigenvalue weighted by Gasteiger charge is 2.40. The second kappa shape index (κ2) is 12.7. The fourth-order valence-electron chi connectivity index (χ4n) is 2.38. The van der Waals surface area contributed by atoms with Crippen molar-refractivity contribution in [3.63, 3.8) is 0 Å². The molecule has 0 bridgehead atoms. The molecule has 0 heterocycles. The molecule has 0 aliphatic rings. The molecule has 2 N–H and O–H groups in total. The van der Waals surface area contributed by atoms with E-state index in [9.17, 15) is 10.2 Å². The second-order valence-corrected chi connectivity index (χ2v) is 21.7. The third kappa shape index (κ3) is 10.9. The molecule has 6 heteroatoms. The molecule has 0 aromatic rings. The topological polar surface area (TPSA) is 58.9 Å². The highest BCUT2D eigenvalue weighted by molar-refractivity contribution is 6.74. The van der Waals surface area contributed by atoms with Crippen LogP contribution in [-0.4, -0.2) is 52.3 Å². The van der Waals surface area contributed by atoms with E-state index in [2.05, 4.69) is 86.2 Å². The van der Waals surface area contributed by atoms with Gasteiger partial charge in [0.1, 0.15) is 0 Å². The van der Waals surface area contributed by atoms with E-state index in [0.717, 1.165) is 5.57 Å². The lowest BCUT2D eigenvalue weighted by Gasteiger charge is -2.40. The van der Waals surface area contributed by atoms with Gasteiger partial charge in [-0.2, -0.15) is 0 Å². The molecule has 33 heavy (non-hydrogen) atoms. The maximum absolute atomic E-state index is 11.0. The van der Waals surface area contributed by atoms with Crippen LogP contribution < -0.4 is 0 Å². The molecule has 0 spiro atoms. The number of aliphatic hydroxyl groups excluding tert-OH is 2. The van der Waals surface area contributed by atoms with Gasteiger partial charge in [-0.1, -0.05) is 71.6 Å². The summed E-state index contributed by atoms with van der Waals surface area (Å²) in [7, 11) is -4.04. The molecule has 0 aromatic carbocycles. The molecule has 0 fully saturated rings. The average molecular weight is 495 g/mol. The third-order valence-electron chi connectivity index (χ3n) is 6.87. The van der Waals surface area contributed by atoms with Gasteiger partial charge in [-0.3, -0.25) is 0 Å². The summed E-state index contributed by atoms with van der Waals surface area (Å²) in [5.74, 6) is 6.13. The maximum Gasteiger partial charge on any atom is 0.192 e. The SMILES string of the molecule is C=C(C#CC=C(C)C)[C@H](C[C@H](O)/C(=C/CO[Si](C)(C)C(C)(C)C)CO)O[Si](C)(C)C(C)(C)C. The minimum atomic E-state index is -2.13. The summed E-state index contributed by atoms with van der Waals surface area (Å²) >= 11 is 0. The van der Waals surface area contributed by atoms with Crippen LogP contribution in [0.2, 0.25) is 36.3 Å². The van der Waals surface area contributed by atoms with Crippen LogP contribution in [0.25, 0.3) is 0 Å². The van der Waals surface area contributed by atoms with E-state index in [1.807, 2.05) is 26.0 Å². The van der Waals surface area contributed by atoms with Crippen LogP contribution in [0.3, 0.4) is 0 Å². The molecule has 0 radical (unpaired) electrons. The molecule has 190 valence electrons. The van der Waals surface area contributed by atoms with Crippen molar-refractivity contribution in [2.75, 3.05) is 13.2 Å². The van der Waals surface area contributed by atoms with Gasteiger partial charge in [0.05, 0.1) is 25.4 Å². The van der Waals surface area contributed by atoms with Crippen LogP contribution in [0, 0.1) is 11.8 Å². The van der Waals surface area contributed by atoms with Crippen molar-refractivity contribution < 1.29 is 19.1 Å². The summed E-state index contributed by atoms with van der Waals surface area (Å²) in [6.45, 7) is 30.1. The smallest absolute Gasteiger partial charge is 0.192 e. The summed E-state index contributed by atoms with van der Waals surface area (Å²) in [5.41, 5.74) is 2.30. The van der Waals surface area contributed by atoms with Crippen molar-refractivity contribution in [3.05, 3.63) is 35.5 Å². The Bertz CT molecular complexity index is 765. The van der Waals surface area contributed by atoms with Gasteiger partial charge in [0.25, 0.3) is 0 Å². The lowest BCUT2D eigenvalue weighted by atomic mass is 10.00. The molecule has 0 amide bonds. The quantitative estimate of drug-likeness (QED) is 0.204. The highest BCUT2D eigenvalue weighted by atomic mass is 28.4. The fourth-order valence-corrected chi connectivity index (χ4v) is 4.62. The predicted octanol–water partition coefficient (Wildman–Crippen LogP) is 6.59. The van der Waals surface area contributed by atoms with Crippen LogP contribution in [-0.2, 0) is 8.85 Å². The van der Waals surface area contributed by atoms with Gasteiger partial charge in [-0.15, -0.1) is 0 Å². The lowest BCUT2D eigenvalue weighted by Crippen LogP contribution is -2.45. The Hall–Kier alpha value is -0.946. The molecule has 0 saturated heterocycles. The Balaban J connectivity index is 5.70. The van der Waals surface area contributed by atoms with E-state index in [4.69, 9.17) is 8.85 Å². The summed E-state index contributed by atoms with van der Waals surface area (Å²) in [6, 6.07) is 0. The van der Waals surface area contributed by atoms with Gasteiger partial charge in [0, 0.05) is 12.0 Å². The zero-order chi connectivity index (χ0) is 26.3. The van der Waals surface area contributed by atoms with Gasteiger partial charge < -0.3 is 19.1 Å². The van der Waals surface area contributed by atoms with Gasteiger partial charge >= 0.3 is 0 Å². The van der Waals surface area contributed by atoms with Gasteiger partial charge in [0.15, 0.2) is 16.6 Å². The zero-order valence-electron chi connectivity index (χ0n) is 23.3. The first-order valence-corrected chi connectivity index (χ1v) is 17.7. The Morgan fingerprint density at radius 2 is 1.52 bits per heavy atom. The minimum Gasteiger partial charge on any atom is -0.413 e. The fraction of sp³-hybridized carbons (Fsp3) is 0.704. The predicted molar refractivity (Wildman–Crippen MR) is 147 cm³/mol. The highest BCUT2D eigenvalue weighted by Crippen LogP contribution is 2.39. The Morgan fingerprint density at radius 3 is 1.94 bits per heavy atom. The van der Waals surface area contributed by atoms with Crippen molar-refractivity contribution in [3.8, 4) is 11.8 Å². The number of hydrogen-bond acceptors (Lipinski definition) is 4. The van der Waals surface area contributed by atoms with E-state index in [0.29, 0.717) is 24.2 Å². The van der Waals surface area contributed by atoms with Crippen molar-refractivity contribution in [1.29, 1.82) is 0 Å². The monoisotopic (exact) mass is 494 g/mol. The number of hydrogen-bond donors (Lipinski definition) is 2. The van der Waals surface area contributed by atoms with E-state index in [-0.39, 0.29) is 16.7 Å². The number of allylic oxidation sites excluding steroid dienone is 2. The van der Waals surface area contributed by atoms with Crippen LogP contribution in [0.5, 0.6) is 0 Å². The molecule has 0 aliphatic carbocycles. The van der Waals surface area contributed by atoms with Gasteiger partial charge in [-0.25, -0.2) is 0 Å². The molecule has 2 atom stereocenters. The molecule has 4 nitrogen and oxygen atoms in total. The number of aliphatic hydroxyl groups is 2. The Kier molecular flexibility index (Phi) is 12.3. The molecule has 0 aliphatic heterocycles. The maximum atomic E-state index is 11.0. The molecular weight excluding hydrogens is 444 g/mol. The largest absolute Gasteiger partial charge is 0.413 e. The first kappa shape index (κ1) is 32.1. The van der Waals surface area contributed by atoms with E-state index in [1.54, 1.807) is 0 Å². The summed E-state index contributed by atoms with van der Waals surface area (Å²) in [5, 5.41) is 21.0. The van der Waals surface area contributed by atoms with Crippen molar-refractivity contribution in [2.24, 2.45) is 0 Å². The van der Waals surface area contributed by atoms with Crippen molar-refractivity contribution in [2.45, 2.75) is 110 Å². The van der Waals surface area contributed by atoms with Gasteiger partial charge in [-0.05, 0) is 61.8 Å². The Labute approximate surface area is 206 Å². The van der Waals surface area contributed by atoms with Crippen LogP contribution in [0.15, 0.2) is 35.5 Å². The normalized spacial score (nSPS) is 15.4. The van der Waals surface area contributed by atoms with Crippen LogP contribution >= 0.6 is 0 Å². The van der Waals surface area contributed by atoms with Crippen molar-refractivity contribution >= 4 is 16.6 Å². The lowest BCUT2D eigenvalue weighted by molar-refractivity contribution is 0.117. The molecular formula is C27H50O4Si2. The van der Waals surface area contributed by atoms with Crippen LogP contribution in [0.4, 0.5) is 0 Å². The zero-order valence-corrected chi connectivity index (χ0v) is 25.3. The summed E-state index contributed by atoms with van der Waals surface area (Å²) in [4.78, 5) is 0. The molecule has 0 aromatic heterocycles. The first-order valence-electron chi connectivity index (χ1n) is 11.9. The van der Waals surface area contributed by atoms with Crippen LogP contribution in [0.1, 0.15) is 61.8 Å². The average Bonchev–Trinajstić information content (AvgIpc) is 2.62. The van der Waals surface area contributed by atoms with E-state index >= 15 is 0 Å². The Morgan fingerprint density at radius 1 is 1.00 bits per heavy atom. The van der Waals surface area contributed by atoms with Crippen molar-refractivity contribution in [1.82, 2.24) is 0 Å². The number of rotatable bonds is 10. The van der Waals surface area contributed by atoms with E-state index < -0.39 is 28.8 Å².